The Morgan fingerprint density at radius 1 is 0.971 bits per heavy atom. The van der Waals surface area contributed by atoms with Crippen molar-refractivity contribution in [3.8, 4) is 0 Å². The first-order valence-corrected chi connectivity index (χ1v) is 10.7. The topological polar surface area (TPSA) is 127 Å². The molecule has 0 aromatic heterocycles. The second-order valence-corrected chi connectivity index (χ2v) is 7.65. The summed E-state index contributed by atoms with van der Waals surface area (Å²) < 4.78 is 4.99. The molecule has 1 fully saturated rings. The number of non-ortho nitro benzene ring substituents is 1. The second-order valence-electron chi connectivity index (χ2n) is 7.65. The van der Waals surface area contributed by atoms with Crippen LogP contribution < -0.4 is 4.90 Å². The summed E-state index contributed by atoms with van der Waals surface area (Å²) in [6.45, 7) is 1.91. The first-order chi connectivity index (χ1) is 16.8. The number of carbonyl (C=O) groups excluding carboxylic acids is 3. The summed E-state index contributed by atoms with van der Waals surface area (Å²) in [6, 6.07) is 18.8. The zero-order chi connectivity index (χ0) is 25.1. The van der Waals surface area contributed by atoms with Gasteiger partial charge in [-0.3, -0.25) is 24.6 Å². The lowest BCUT2D eigenvalue weighted by atomic mass is 9.95. The maximum atomic E-state index is 13.2. The standard InChI is InChI=1S/C26H20N2O7/c1-2-35-26(32)18-10-12-19(13-11-18)27-22(16-6-4-3-5-7-16)21(24(30)25(27)31)23(29)17-8-14-20(15-9-17)28(33)34/h3-15,22,29H,2H2,1H3/b23-21-/t22-/m1/s1. The molecule has 176 valence electrons. The molecule has 3 aromatic carbocycles. The van der Waals surface area contributed by atoms with Gasteiger partial charge in [-0.2, -0.15) is 0 Å². The summed E-state index contributed by atoms with van der Waals surface area (Å²) >= 11 is 0. The van der Waals surface area contributed by atoms with Crippen molar-refractivity contribution in [2.45, 2.75) is 13.0 Å². The summed E-state index contributed by atoms with van der Waals surface area (Å²) in [5, 5.41) is 22.0. The molecule has 0 aliphatic carbocycles. The number of ketones is 1. The number of ether oxygens (including phenoxy) is 1. The van der Waals surface area contributed by atoms with Crippen LogP contribution in [0.3, 0.4) is 0 Å². The van der Waals surface area contributed by atoms with Crippen LogP contribution in [0.4, 0.5) is 11.4 Å². The predicted octanol–water partition coefficient (Wildman–Crippen LogP) is 4.40. The fraction of sp³-hybridized carbons (Fsp3) is 0.115. The molecule has 1 saturated heterocycles. The SMILES string of the molecule is CCOC(=O)c1ccc(N2C(=O)C(=O)/C(=C(\O)c3ccc([N+](=O)[O-])cc3)[C@H]2c2ccccc2)cc1. The molecule has 0 bridgehead atoms. The Morgan fingerprint density at radius 2 is 1.57 bits per heavy atom. The van der Waals surface area contributed by atoms with Crippen LogP contribution in [0, 0.1) is 10.1 Å². The minimum absolute atomic E-state index is 0.149. The van der Waals surface area contributed by atoms with Crippen molar-refractivity contribution < 1.29 is 29.2 Å². The fourth-order valence-electron chi connectivity index (χ4n) is 3.92. The fourth-order valence-corrected chi connectivity index (χ4v) is 3.92. The van der Waals surface area contributed by atoms with Crippen molar-refractivity contribution in [3.63, 3.8) is 0 Å². The number of esters is 1. The third-order valence-electron chi connectivity index (χ3n) is 5.57. The summed E-state index contributed by atoms with van der Waals surface area (Å²) in [7, 11) is 0. The third-order valence-corrected chi connectivity index (χ3v) is 5.57. The molecule has 4 rings (SSSR count). The highest BCUT2D eigenvalue weighted by Crippen LogP contribution is 2.42. The first-order valence-electron chi connectivity index (χ1n) is 10.7. The van der Waals surface area contributed by atoms with E-state index in [2.05, 4.69) is 0 Å². The van der Waals surface area contributed by atoms with Crippen LogP contribution in [0.25, 0.3) is 5.76 Å². The molecule has 3 aromatic rings. The third kappa shape index (κ3) is 4.39. The predicted molar refractivity (Wildman–Crippen MR) is 127 cm³/mol. The number of hydrogen-bond acceptors (Lipinski definition) is 7. The van der Waals surface area contributed by atoms with E-state index in [0.29, 0.717) is 11.3 Å². The number of carbonyl (C=O) groups is 3. The van der Waals surface area contributed by atoms with Gasteiger partial charge in [-0.05, 0) is 48.9 Å². The zero-order valence-corrected chi connectivity index (χ0v) is 18.6. The van der Waals surface area contributed by atoms with Gasteiger partial charge in [0, 0.05) is 23.4 Å². The lowest BCUT2D eigenvalue weighted by Crippen LogP contribution is -2.29. The van der Waals surface area contributed by atoms with Gasteiger partial charge in [0.1, 0.15) is 5.76 Å². The number of aliphatic hydroxyl groups excluding tert-OH is 1. The Kier molecular flexibility index (Phi) is 6.41. The molecule has 0 radical (unpaired) electrons. The number of anilines is 1. The van der Waals surface area contributed by atoms with Crippen molar-refractivity contribution in [2.24, 2.45) is 0 Å². The molecule has 1 atom stereocenters. The van der Waals surface area contributed by atoms with E-state index in [-0.39, 0.29) is 29.0 Å². The van der Waals surface area contributed by atoms with Crippen LogP contribution in [0.1, 0.15) is 34.5 Å². The maximum absolute atomic E-state index is 13.2. The van der Waals surface area contributed by atoms with E-state index in [9.17, 15) is 29.6 Å². The van der Waals surface area contributed by atoms with Gasteiger partial charge in [0.2, 0.25) is 0 Å². The van der Waals surface area contributed by atoms with Crippen LogP contribution >= 0.6 is 0 Å². The maximum Gasteiger partial charge on any atom is 0.338 e. The highest BCUT2D eigenvalue weighted by molar-refractivity contribution is 6.51. The Morgan fingerprint density at radius 3 is 2.14 bits per heavy atom. The number of hydrogen-bond donors (Lipinski definition) is 1. The first kappa shape index (κ1) is 23.4. The Hall–Kier alpha value is -4.79. The normalized spacial score (nSPS) is 16.8. The number of aliphatic hydroxyl groups is 1. The van der Waals surface area contributed by atoms with Crippen LogP contribution in [-0.4, -0.2) is 34.3 Å². The minimum Gasteiger partial charge on any atom is -0.507 e. The van der Waals surface area contributed by atoms with Gasteiger partial charge in [0.25, 0.3) is 17.4 Å². The highest BCUT2D eigenvalue weighted by Gasteiger charge is 2.46. The van der Waals surface area contributed by atoms with Crippen LogP contribution in [-0.2, 0) is 14.3 Å². The van der Waals surface area contributed by atoms with E-state index >= 15 is 0 Å². The van der Waals surface area contributed by atoms with E-state index in [1.54, 1.807) is 37.3 Å². The van der Waals surface area contributed by atoms with Gasteiger partial charge in [-0.25, -0.2) is 4.79 Å². The quantitative estimate of drug-likeness (QED) is 0.141. The number of nitro benzene ring substituents is 1. The van der Waals surface area contributed by atoms with Crippen molar-refractivity contribution in [3.05, 3.63) is 111 Å². The van der Waals surface area contributed by atoms with Crippen LogP contribution in [0.15, 0.2) is 84.4 Å². The molecular formula is C26H20N2O7. The van der Waals surface area contributed by atoms with Crippen molar-refractivity contribution >= 4 is 34.8 Å². The molecule has 1 aliphatic heterocycles. The zero-order valence-electron chi connectivity index (χ0n) is 18.6. The summed E-state index contributed by atoms with van der Waals surface area (Å²) in [5.41, 5.74) is 1.04. The minimum atomic E-state index is -0.958. The number of benzene rings is 3. The molecular weight excluding hydrogens is 452 g/mol. The molecule has 0 unspecified atom stereocenters. The van der Waals surface area contributed by atoms with Gasteiger partial charge in [-0.1, -0.05) is 30.3 Å². The molecule has 1 amide bonds. The number of Topliss-reactive ketones (excluding diaryl/α,β-unsaturated/α-hetero) is 1. The van der Waals surface area contributed by atoms with Gasteiger partial charge >= 0.3 is 5.97 Å². The molecule has 9 heteroatoms. The summed E-state index contributed by atoms with van der Waals surface area (Å²) in [6.07, 6.45) is 0. The molecule has 1 aliphatic rings. The smallest absolute Gasteiger partial charge is 0.338 e. The number of nitrogens with zero attached hydrogens (tertiary/aromatic N) is 2. The van der Waals surface area contributed by atoms with Gasteiger partial charge in [0.05, 0.1) is 28.7 Å². The Balaban J connectivity index is 1.83. The molecule has 1 N–H and O–H groups in total. The van der Waals surface area contributed by atoms with Crippen molar-refractivity contribution in [1.82, 2.24) is 0 Å². The van der Waals surface area contributed by atoms with Gasteiger partial charge in [-0.15, -0.1) is 0 Å². The largest absolute Gasteiger partial charge is 0.507 e. The average Bonchev–Trinajstić information content (AvgIpc) is 3.14. The van der Waals surface area contributed by atoms with E-state index in [1.165, 1.54) is 53.4 Å². The highest BCUT2D eigenvalue weighted by atomic mass is 16.6. The van der Waals surface area contributed by atoms with Gasteiger partial charge in [0.15, 0.2) is 0 Å². The molecule has 0 spiro atoms. The average molecular weight is 472 g/mol. The molecule has 9 nitrogen and oxygen atoms in total. The van der Waals surface area contributed by atoms with Crippen molar-refractivity contribution in [2.75, 3.05) is 11.5 Å². The van der Waals surface area contributed by atoms with E-state index in [4.69, 9.17) is 4.74 Å². The van der Waals surface area contributed by atoms with Crippen molar-refractivity contribution in [1.29, 1.82) is 0 Å². The second kappa shape index (κ2) is 9.60. The lowest BCUT2D eigenvalue weighted by Gasteiger charge is -2.25. The molecule has 1 heterocycles. The molecule has 0 saturated carbocycles. The van der Waals surface area contributed by atoms with E-state index < -0.39 is 34.4 Å². The Labute approximate surface area is 200 Å². The van der Waals surface area contributed by atoms with Crippen LogP contribution in [0.2, 0.25) is 0 Å². The molecule has 35 heavy (non-hydrogen) atoms. The number of nitro groups is 1. The Bertz CT molecular complexity index is 1330. The monoisotopic (exact) mass is 472 g/mol. The van der Waals surface area contributed by atoms with Crippen LogP contribution in [0.5, 0.6) is 0 Å². The number of rotatable bonds is 6. The number of amides is 1. The van der Waals surface area contributed by atoms with Gasteiger partial charge < -0.3 is 9.84 Å². The van der Waals surface area contributed by atoms with E-state index in [1.807, 2.05) is 0 Å². The summed E-state index contributed by atoms with van der Waals surface area (Å²) in [4.78, 5) is 49.9. The summed E-state index contributed by atoms with van der Waals surface area (Å²) in [5.74, 6) is -2.72. The lowest BCUT2D eigenvalue weighted by molar-refractivity contribution is -0.384. The van der Waals surface area contributed by atoms with E-state index in [0.717, 1.165) is 0 Å².